The molecule has 0 bridgehead atoms. The van der Waals surface area contributed by atoms with Gasteiger partial charge in [0, 0.05) is 0 Å². The fourth-order valence-corrected chi connectivity index (χ4v) is 1.53. The summed E-state index contributed by atoms with van der Waals surface area (Å²) < 4.78 is 5.68. The minimum Gasteiger partial charge on any atom is -0.492 e. The van der Waals surface area contributed by atoms with E-state index in [1.807, 2.05) is 18.2 Å². The average Bonchev–Trinajstić information content (AvgIpc) is 2.28. The smallest absolute Gasteiger partial charge is 0.137 e. The zero-order valence-corrected chi connectivity index (χ0v) is 11.2. The van der Waals surface area contributed by atoms with E-state index in [1.54, 1.807) is 0 Å². The third kappa shape index (κ3) is 3.78. The van der Waals surface area contributed by atoms with Gasteiger partial charge in [0.05, 0.1) is 12.2 Å². The maximum atomic E-state index is 9.04. The maximum absolute atomic E-state index is 9.04. The summed E-state index contributed by atoms with van der Waals surface area (Å²) in [5, 5.41) is 9.04. The van der Waals surface area contributed by atoms with E-state index in [0.717, 1.165) is 12.8 Å². The van der Waals surface area contributed by atoms with E-state index >= 15 is 0 Å². The van der Waals surface area contributed by atoms with Crippen LogP contribution in [0.25, 0.3) is 0 Å². The number of hydrogen-bond donors (Lipinski definition) is 0. The molecule has 0 aliphatic rings. The molecule has 0 aliphatic carbocycles. The molecule has 1 aromatic rings. The molecule has 0 saturated carbocycles. The number of hydrogen-bond acceptors (Lipinski definition) is 2. The van der Waals surface area contributed by atoms with Gasteiger partial charge in [0.25, 0.3) is 0 Å². The van der Waals surface area contributed by atoms with Gasteiger partial charge in [-0.15, -0.1) is 0 Å². The first kappa shape index (κ1) is 13.6. The molecular formula is C15H21NO. The molecule has 17 heavy (non-hydrogen) atoms. The lowest BCUT2D eigenvalue weighted by Gasteiger charge is -2.20. The second-order valence-electron chi connectivity index (χ2n) is 5.27. The van der Waals surface area contributed by atoms with E-state index in [-0.39, 0.29) is 5.41 Å². The minimum atomic E-state index is 0.0802. The first-order valence-corrected chi connectivity index (χ1v) is 6.16. The molecule has 0 saturated heterocycles. The standard InChI is InChI=1S/C15H21NO/c1-5-6-9-17-14-10-13(15(2,3)4)8-7-12(14)11-16/h7-8,10H,5-6,9H2,1-4H3. The Hall–Kier alpha value is -1.49. The molecule has 2 heteroatoms. The molecule has 0 atom stereocenters. The van der Waals surface area contributed by atoms with E-state index < -0.39 is 0 Å². The third-order valence-electron chi connectivity index (χ3n) is 2.72. The van der Waals surface area contributed by atoms with Crippen molar-refractivity contribution in [1.29, 1.82) is 5.26 Å². The van der Waals surface area contributed by atoms with E-state index in [1.165, 1.54) is 5.56 Å². The van der Waals surface area contributed by atoms with Crippen LogP contribution in [-0.2, 0) is 5.41 Å². The molecule has 0 radical (unpaired) electrons. The Kier molecular flexibility index (Phi) is 4.57. The zero-order chi connectivity index (χ0) is 12.9. The van der Waals surface area contributed by atoms with Crippen LogP contribution in [-0.4, -0.2) is 6.61 Å². The normalized spacial score (nSPS) is 11.0. The van der Waals surface area contributed by atoms with Crippen molar-refractivity contribution < 1.29 is 4.74 Å². The zero-order valence-electron chi connectivity index (χ0n) is 11.2. The summed E-state index contributed by atoms with van der Waals surface area (Å²) in [7, 11) is 0. The van der Waals surface area contributed by atoms with Crippen LogP contribution in [0.2, 0.25) is 0 Å². The van der Waals surface area contributed by atoms with Crippen molar-refractivity contribution in [3.8, 4) is 11.8 Å². The largest absolute Gasteiger partial charge is 0.492 e. The molecule has 0 unspecified atom stereocenters. The van der Waals surface area contributed by atoms with Gasteiger partial charge in [0.2, 0.25) is 0 Å². The van der Waals surface area contributed by atoms with Gasteiger partial charge in [-0.3, -0.25) is 0 Å². The minimum absolute atomic E-state index is 0.0802. The Labute approximate surface area is 104 Å². The molecule has 0 heterocycles. The van der Waals surface area contributed by atoms with Gasteiger partial charge in [-0.2, -0.15) is 5.26 Å². The molecular weight excluding hydrogens is 210 g/mol. The number of nitrogens with zero attached hydrogens (tertiary/aromatic N) is 1. The summed E-state index contributed by atoms with van der Waals surface area (Å²) in [6.45, 7) is 9.28. The summed E-state index contributed by atoms with van der Waals surface area (Å²) >= 11 is 0. The summed E-state index contributed by atoms with van der Waals surface area (Å²) in [5.74, 6) is 0.716. The second-order valence-corrected chi connectivity index (χ2v) is 5.27. The molecule has 92 valence electrons. The highest BCUT2D eigenvalue weighted by molar-refractivity contribution is 5.46. The van der Waals surface area contributed by atoms with Gasteiger partial charge in [0.15, 0.2) is 0 Å². The molecule has 2 nitrogen and oxygen atoms in total. The highest BCUT2D eigenvalue weighted by atomic mass is 16.5. The molecule has 0 aromatic heterocycles. The highest BCUT2D eigenvalue weighted by Crippen LogP contribution is 2.28. The van der Waals surface area contributed by atoms with E-state index in [9.17, 15) is 0 Å². The predicted molar refractivity (Wildman–Crippen MR) is 70.3 cm³/mol. The Morgan fingerprint density at radius 2 is 2.00 bits per heavy atom. The van der Waals surface area contributed by atoms with Crippen molar-refractivity contribution in [3.05, 3.63) is 29.3 Å². The van der Waals surface area contributed by atoms with Gasteiger partial charge in [-0.25, -0.2) is 0 Å². The van der Waals surface area contributed by atoms with Crippen LogP contribution in [0.3, 0.4) is 0 Å². The predicted octanol–water partition coefficient (Wildman–Crippen LogP) is 4.03. The summed E-state index contributed by atoms with van der Waals surface area (Å²) in [4.78, 5) is 0. The average molecular weight is 231 g/mol. The molecule has 1 aromatic carbocycles. The van der Waals surface area contributed by atoms with Crippen LogP contribution in [0.15, 0.2) is 18.2 Å². The Morgan fingerprint density at radius 3 is 2.53 bits per heavy atom. The lowest BCUT2D eigenvalue weighted by Crippen LogP contribution is -2.11. The van der Waals surface area contributed by atoms with Crippen LogP contribution in [0, 0.1) is 11.3 Å². The van der Waals surface area contributed by atoms with E-state index in [0.29, 0.717) is 17.9 Å². The van der Waals surface area contributed by atoms with Crippen LogP contribution in [0.4, 0.5) is 0 Å². The summed E-state index contributed by atoms with van der Waals surface area (Å²) in [6, 6.07) is 8.02. The fourth-order valence-electron chi connectivity index (χ4n) is 1.53. The van der Waals surface area contributed by atoms with Crippen LogP contribution >= 0.6 is 0 Å². The van der Waals surface area contributed by atoms with Crippen molar-refractivity contribution in [2.24, 2.45) is 0 Å². The van der Waals surface area contributed by atoms with Gasteiger partial charge >= 0.3 is 0 Å². The molecule has 0 amide bonds. The van der Waals surface area contributed by atoms with Crippen molar-refractivity contribution >= 4 is 0 Å². The molecule has 0 fully saturated rings. The maximum Gasteiger partial charge on any atom is 0.137 e. The lowest BCUT2D eigenvalue weighted by atomic mass is 9.86. The van der Waals surface area contributed by atoms with Gasteiger partial charge in [-0.05, 0) is 29.5 Å². The number of benzene rings is 1. The van der Waals surface area contributed by atoms with Crippen molar-refractivity contribution in [1.82, 2.24) is 0 Å². The van der Waals surface area contributed by atoms with Crippen LogP contribution in [0.1, 0.15) is 51.7 Å². The first-order chi connectivity index (χ1) is 7.99. The monoisotopic (exact) mass is 231 g/mol. The quantitative estimate of drug-likeness (QED) is 0.733. The number of nitriles is 1. The highest BCUT2D eigenvalue weighted by Gasteiger charge is 2.16. The van der Waals surface area contributed by atoms with Gasteiger partial charge < -0.3 is 4.74 Å². The Bertz CT molecular complexity index is 410. The molecule has 1 rings (SSSR count). The fraction of sp³-hybridized carbons (Fsp3) is 0.533. The van der Waals surface area contributed by atoms with Crippen molar-refractivity contribution in [3.63, 3.8) is 0 Å². The van der Waals surface area contributed by atoms with E-state index in [4.69, 9.17) is 10.00 Å². The third-order valence-corrected chi connectivity index (χ3v) is 2.72. The molecule has 0 aliphatic heterocycles. The Balaban J connectivity index is 2.96. The molecule has 0 N–H and O–H groups in total. The Morgan fingerprint density at radius 1 is 1.29 bits per heavy atom. The molecule has 0 spiro atoms. The van der Waals surface area contributed by atoms with Crippen molar-refractivity contribution in [2.75, 3.05) is 6.61 Å². The lowest BCUT2D eigenvalue weighted by molar-refractivity contribution is 0.307. The number of ether oxygens (including phenoxy) is 1. The number of unbranched alkanes of at least 4 members (excludes halogenated alkanes) is 1. The summed E-state index contributed by atoms with van der Waals surface area (Å²) in [6.07, 6.45) is 2.12. The second kappa shape index (κ2) is 5.72. The van der Waals surface area contributed by atoms with E-state index in [2.05, 4.69) is 33.8 Å². The van der Waals surface area contributed by atoms with Crippen LogP contribution in [0.5, 0.6) is 5.75 Å². The van der Waals surface area contributed by atoms with Gasteiger partial charge in [-0.1, -0.05) is 40.2 Å². The SMILES string of the molecule is CCCCOc1cc(C(C)(C)C)ccc1C#N. The van der Waals surface area contributed by atoms with Gasteiger partial charge in [0.1, 0.15) is 11.8 Å². The number of rotatable bonds is 4. The topological polar surface area (TPSA) is 33.0 Å². The van der Waals surface area contributed by atoms with Crippen molar-refractivity contribution in [2.45, 2.75) is 46.0 Å². The van der Waals surface area contributed by atoms with Crippen LogP contribution < -0.4 is 4.74 Å². The first-order valence-electron chi connectivity index (χ1n) is 6.16. The summed E-state index contributed by atoms with van der Waals surface area (Å²) in [5.41, 5.74) is 1.90.